The molecule has 1 N–H and O–H groups in total. The summed E-state index contributed by atoms with van der Waals surface area (Å²) in [7, 11) is 0. The third kappa shape index (κ3) is 5.34. The Hall–Kier alpha value is -1.62. The van der Waals surface area contributed by atoms with Gasteiger partial charge in [0.25, 0.3) is 0 Å². The summed E-state index contributed by atoms with van der Waals surface area (Å²) in [5, 5.41) is 2.59. The maximum atomic E-state index is 13.0. The molecule has 0 radical (unpaired) electrons. The average Bonchev–Trinajstić information content (AvgIpc) is 2.42. The van der Waals surface area contributed by atoms with E-state index in [2.05, 4.69) is 5.32 Å². The summed E-state index contributed by atoms with van der Waals surface area (Å²) < 4.78 is 13.0. The van der Waals surface area contributed by atoms with Gasteiger partial charge in [-0.25, -0.2) is 4.39 Å². The maximum absolute atomic E-state index is 13.0. The van der Waals surface area contributed by atoms with Gasteiger partial charge in [0.05, 0.1) is 5.02 Å². The first-order valence-corrected chi connectivity index (χ1v) is 7.25. The third-order valence-corrected chi connectivity index (χ3v) is 3.60. The van der Waals surface area contributed by atoms with Crippen molar-refractivity contribution in [2.75, 3.05) is 11.9 Å². The molecule has 2 amide bonds. The molecular formula is C15H20ClFN2O2. The lowest BCUT2D eigenvalue weighted by Crippen LogP contribution is -2.38. The molecule has 4 nitrogen and oxygen atoms in total. The van der Waals surface area contributed by atoms with Crippen LogP contribution in [0.4, 0.5) is 10.1 Å². The lowest BCUT2D eigenvalue weighted by atomic mass is 10.2. The summed E-state index contributed by atoms with van der Waals surface area (Å²) in [5.74, 6) is -0.830. The van der Waals surface area contributed by atoms with Crippen molar-refractivity contribution in [1.29, 1.82) is 0 Å². The van der Waals surface area contributed by atoms with Gasteiger partial charge < -0.3 is 10.2 Å². The molecule has 0 saturated carbocycles. The lowest BCUT2D eigenvalue weighted by molar-refractivity contribution is -0.131. The molecule has 0 aromatic heterocycles. The fourth-order valence-corrected chi connectivity index (χ4v) is 2.11. The zero-order chi connectivity index (χ0) is 16.0. The predicted molar refractivity (Wildman–Crippen MR) is 81.8 cm³/mol. The Morgan fingerprint density at radius 3 is 2.62 bits per heavy atom. The highest BCUT2D eigenvalue weighted by atomic mass is 35.5. The summed E-state index contributed by atoms with van der Waals surface area (Å²) in [5.41, 5.74) is 0.435. The Labute approximate surface area is 129 Å². The number of nitrogens with zero attached hydrogens (tertiary/aromatic N) is 1. The highest BCUT2D eigenvalue weighted by Crippen LogP contribution is 2.19. The number of amides is 2. The van der Waals surface area contributed by atoms with Crippen LogP contribution in [0.5, 0.6) is 0 Å². The molecule has 116 valence electrons. The molecule has 0 bridgehead atoms. The molecule has 0 fully saturated rings. The van der Waals surface area contributed by atoms with Crippen LogP contribution < -0.4 is 5.32 Å². The molecule has 0 spiro atoms. The van der Waals surface area contributed by atoms with Crippen molar-refractivity contribution >= 4 is 29.1 Å². The Morgan fingerprint density at radius 1 is 1.43 bits per heavy atom. The van der Waals surface area contributed by atoms with Crippen LogP contribution in [-0.2, 0) is 9.59 Å². The minimum absolute atomic E-state index is 0.0437. The van der Waals surface area contributed by atoms with E-state index in [1.165, 1.54) is 25.1 Å². The number of anilines is 1. The van der Waals surface area contributed by atoms with Crippen molar-refractivity contribution in [2.24, 2.45) is 0 Å². The van der Waals surface area contributed by atoms with Crippen molar-refractivity contribution in [3.8, 4) is 0 Å². The van der Waals surface area contributed by atoms with Gasteiger partial charge in [-0.15, -0.1) is 0 Å². The van der Waals surface area contributed by atoms with Crippen LogP contribution in [-0.4, -0.2) is 29.3 Å². The van der Waals surface area contributed by atoms with E-state index in [1.54, 1.807) is 4.90 Å². The summed E-state index contributed by atoms with van der Waals surface area (Å²) in [6.07, 6.45) is 1.01. The van der Waals surface area contributed by atoms with Gasteiger partial charge in [-0.3, -0.25) is 9.59 Å². The quantitative estimate of drug-likeness (QED) is 0.874. The molecule has 1 unspecified atom stereocenters. The molecule has 0 aliphatic rings. The predicted octanol–water partition coefficient (Wildman–Crippen LogP) is 3.45. The minimum Gasteiger partial charge on any atom is -0.340 e. The number of halogens is 2. The normalized spacial score (nSPS) is 11.9. The summed E-state index contributed by atoms with van der Waals surface area (Å²) in [4.78, 5) is 25.1. The van der Waals surface area contributed by atoms with Crippen LogP contribution in [0.1, 0.15) is 33.6 Å². The number of carbonyl (C=O) groups excluding carboxylic acids is 2. The van der Waals surface area contributed by atoms with E-state index in [4.69, 9.17) is 11.6 Å². The van der Waals surface area contributed by atoms with E-state index >= 15 is 0 Å². The van der Waals surface area contributed by atoms with Crippen LogP contribution in [0.25, 0.3) is 0 Å². The van der Waals surface area contributed by atoms with Crippen molar-refractivity contribution in [3.63, 3.8) is 0 Å². The molecule has 0 aliphatic heterocycles. The van der Waals surface area contributed by atoms with Gasteiger partial charge in [0.15, 0.2) is 0 Å². The Kier molecular flexibility index (Phi) is 6.62. The molecule has 1 atom stereocenters. The Balaban J connectivity index is 2.56. The number of rotatable bonds is 6. The van der Waals surface area contributed by atoms with E-state index in [9.17, 15) is 14.0 Å². The van der Waals surface area contributed by atoms with E-state index in [0.717, 1.165) is 6.42 Å². The van der Waals surface area contributed by atoms with Crippen LogP contribution in [0.15, 0.2) is 18.2 Å². The third-order valence-electron chi connectivity index (χ3n) is 3.31. The van der Waals surface area contributed by atoms with Crippen LogP contribution in [0.2, 0.25) is 5.02 Å². The zero-order valence-corrected chi connectivity index (χ0v) is 13.2. The first-order chi connectivity index (χ1) is 9.85. The van der Waals surface area contributed by atoms with Crippen LogP contribution >= 0.6 is 11.6 Å². The molecule has 0 aliphatic carbocycles. The lowest BCUT2D eigenvalue weighted by Gasteiger charge is -2.27. The monoisotopic (exact) mass is 314 g/mol. The minimum atomic E-state index is -0.533. The topological polar surface area (TPSA) is 49.4 Å². The number of nitrogens with one attached hydrogen (secondary N) is 1. The van der Waals surface area contributed by atoms with Crippen molar-refractivity contribution in [2.45, 2.75) is 39.7 Å². The van der Waals surface area contributed by atoms with Crippen molar-refractivity contribution in [3.05, 3.63) is 29.0 Å². The van der Waals surface area contributed by atoms with Gasteiger partial charge in [-0.05, 0) is 31.5 Å². The molecule has 1 aromatic carbocycles. The fourth-order valence-electron chi connectivity index (χ4n) is 1.93. The Bertz CT molecular complexity index is 522. The summed E-state index contributed by atoms with van der Waals surface area (Å²) in [6, 6.07) is 4.08. The van der Waals surface area contributed by atoms with Gasteiger partial charge in [0.2, 0.25) is 11.8 Å². The van der Waals surface area contributed by atoms with E-state index in [-0.39, 0.29) is 29.3 Å². The van der Waals surface area contributed by atoms with Gasteiger partial charge in [0, 0.05) is 31.6 Å². The largest absolute Gasteiger partial charge is 0.340 e. The number of carbonyl (C=O) groups is 2. The highest BCUT2D eigenvalue weighted by molar-refractivity contribution is 6.31. The first kappa shape index (κ1) is 17.4. The maximum Gasteiger partial charge on any atom is 0.226 e. The molecule has 6 heteroatoms. The zero-order valence-electron chi connectivity index (χ0n) is 12.5. The van der Waals surface area contributed by atoms with Gasteiger partial charge >= 0.3 is 0 Å². The summed E-state index contributed by atoms with van der Waals surface area (Å²) in [6.45, 7) is 5.77. The standard InChI is InChI=1S/C15H20ClFN2O2/c1-4-10(2)19(11(3)20)8-7-15(21)18-12-5-6-14(17)13(16)9-12/h5-6,9-10H,4,7-8H2,1-3H3,(H,18,21). The fraction of sp³-hybridized carbons (Fsp3) is 0.467. The van der Waals surface area contributed by atoms with Crippen molar-refractivity contribution in [1.82, 2.24) is 4.90 Å². The highest BCUT2D eigenvalue weighted by Gasteiger charge is 2.16. The second-order valence-corrected chi connectivity index (χ2v) is 5.30. The average molecular weight is 315 g/mol. The van der Waals surface area contributed by atoms with Crippen LogP contribution in [0, 0.1) is 5.82 Å². The van der Waals surface area contributed by atoms with Crippen LogP contribution in [0.3, 0.4) is 0 Å². The van der Waals surface area contributed by atoms with E-state index in [1.807, 2.05) is 13.8 Å². The van der Waals surface area contributed by atoms with E-state index < -0.39 is 5.82 Å². The summed E-state index contributed by atoms with van der Waals surface area (Å²) >= 11 is 5.65. The number of benzene rings is 1. The van der Waals surface area contributed by atoms with E-state index in [0.29, 0.717) is 12.2 Å². The van der Waals surface area contributed by atoms with Gasteiger partial charge in [-0.2, -0.15) is 0 Å². The molecular weight excluding hydrogens is 295 g/mol. The smallest absolute Gasteiger partial charge is 0.226 e. The molecule has 0 heterocycles. The van der Waals surface area contributed by atoms with Crippen molar-refractivity contribution < 1.29 is 14.0 Å². The molecule has 0 saturated heterocycles. The second-order valence-electron chi connectivity index (χ2n) is 4.90. The van der Waals surface area contributed by atoms with Gasteiger partial charge in [-0.1, -0.05) is 18.5 Å². The second kappa shape index (κ2) is 7.98. The Morgan fingerprint density at radius 2 is 2.10 bits per heavy atom. The number of hydrogen-bond acceptors (Lipinski definition) is 2. The number of hydrogen-bond donors (Lipinski definition) is 1. The SMILES string of the molecule is CCC(C)N(CCC(=O)Nc1ccc(F)c(Cl)c1)C(C)=O. The molecule has 1 aromatic rings. The van der Waals surface area contributed by atoms with Gasteiger partial charge in [0.1, 0.15) is 5.82 Å². The molecule has 1 rings (SSSR count). The first-order valence-electron chi connectivity index (χ1n) is 6.87. The molecule has 21 heavy (non-hydrogen) atoms.